The van der Waals surface area contributed by atoms with Gasteiger partial charge in [-0.2, -0.15) is 10.5 Å². The van der Waals surface area contributed by atoms with Crippen LogP contribution in [0.1, 0.15) is 55.0 Å². The Morgan fingerprint density at radius 2 is 1.65 bits per heavy atom. The molecule has 3 atom stereocenters. The van der Waals surface area contributed by atoms with Crippen LogP contribution in [-0.4, -0.2) is 12.3 Å². The van der Waals surface area contributed by atoms with Crippen LogP contribution in [0.2, 0.25) is 5.02 Å². The maximum Gasteiger partial charge on any atom is 0.0991 e. The molecule has 2 unspecified atom stereocenters. The molecule has 0 amide bonds. The van der Waals surface area contributed by atoms with E-state index in [1.165, 1.54) is 10.5 Å². The number of nitrogens with one attached hydrogen (secondary N) is 1. The van der Waals surface area contributed by atoms with E-state index in [1.807, 2.05) is 56.3 Å². The molecule has 3 aromatic rings. The third kappa shape index (κ3) is 6.43. The monoisotopic (exact) mass is 487 g/mol. The van der Waals surface area contributed by atoms with Crippen LogP contribution in [0.15, 0.2) is 77.7 Å². The lowest BCUT2D eigenvalue weighted by Gasteiger charge is -2.36. The molecule has 0 spiro atoms. The van der Waals surface area contributed by atoms with Crippen molar-refractivity contribution in [3.8, 4) is 12.1 Å². The SMILES string of the molecule is CSc1ccc([C@H](NC(C)C(Cc2ccc(Cl)cc2)c2cccc(C#N)c2)C(C)(C)C#N)cc1. The number of nitriles is 2. The molecule has 0 aliphatic carbocycles. The molecule has 3 aromatic carbocycles. The van der Waals surface area contributed by atoms with Crippen LogP contribution in [0, 0.1) is 28.1 Å². The van der Waals surface area contributed by atoms with Crippen LogP contribution >= 0.6 is 23.4 Å². The maximum absolute atomic E-state index is 9.98. The fourth-order valence-corrected chi connectivity index (χ4v) is 4.79. The molecule has 3 rings (SSSR count). The van der Waals surface area contributed by atoms with Gasteiger partial charge in [-0.15, -0.1) is 11.8 Å². The first-order chi connectivity index (χ1) is 16.3. The second-order valence-corrected chi connectivity index (χ2v) is 10.5. The summed E-state index contributed by atoms with van der Waals surface area (Å²) in [5.74, 6) is 0.0944. The van der Waals surface area contributed by atoms with Crippen molar-refractivity contribution in [3.63, 3.8) is 0 Å². The first-order valence-corrected chi connectivity index (χ1v) is 12.9. The topological polar surface area (TPSA) is 59.6 Å². The molecule has 0 fully saturated rings. The van der Waals surface area contributed by atoms with Gasteiger partial charge >= 0.3 is 0 Å². The lowest BCUT2D eigenvalue weighted by atomic mass is 9.79. The Labute approximate surface area is 212 Å². The molecule has 1 N–H and O–H groups in total. The van der Waals surface area contributed by atoms with Crippen LogP contribution < -0.4 is 5.32 Å². The summed E-state index contributed by atoms with van der Waals surface area (Å²) >= 11 is 7.81. The van der Waals surface area contributed by atoms with E-state index in [9.17, 15) is 10.5 Å². The molecule has 0 aliphatic heterocycles. The van der Waals surface area contributed by atoms with Crippen molar-refractivity contribution in [3.05, 3.63) is 100 Å². The summed E-state index contributed by atoms with van der Waals surface area (Å²) in [5, 5.41) is 23.9. The first kappa shape index (κ1) is 25.9. The number of hydrogen-bond donors (Lipinski definition) is 1. The molecule has 0 bridgehead atoms. The number of rotatable bonds is 9. The molecule has 34 heavy (non-hydrogen) atoms. The minimum absolute atomic E-state index is 0.0301. The molecule has 0 saturated carbocycles. The highest BCUT2D eigenvalue weighted by Gasteiger charge is 2.34. The smallest absolute Gasteiger partial charge is 0.0991 e. The number of thioether (sulfide) groups is 1. The minimum Gasteiger partial charge on any atom is -0.305 e. The second kappa shape index (κ2) is 11.6. The van der Waals surface area contributed by atoms with Gasteiger partial charge in [0.2, 0.25) is 0 Å². The van der Waals surface area contributed by atoms with Crippen LogP contribution in [0.4, 0.5) is 0 Å². The van der Waals surface area contributed by atoms with Crippen molar-refractivity contribution in [2.24, 2.45) is 5.41 Å². The van der Waals surface area contributed by atoms with Crippen LogP contribution in [0.3, 0.4) is 0 Å². The second-order valence-electron chi connectivity index (χ2n) is 9.17. The lowest BCUT2D eigenvalue weighted by Crippen LogP contribution is -2.42. The van der Waals surface area contributed by atoms with Gasteiger partial charge in [0.15, 0.2) is 0 Å². The average molecular weight is 488 g/mol. The summed E-state index contributed by atoms with van der Waals surface area (Å²) in [4.78, 5) is 1.19. The molecule has 0 heterocycles. The molecule has 3 nitrogen and oxygen atoms in total. The van der Waals surface area contributed by atoms with Crippen molar-refractivity contribution < 1.29 is 0 Å². The first-order valence-electron chi connectivity index (χ1n) is 11.3. The van der Waals surface area contributed by atoms with E-state index in [1.54, 1.807) is 11.8 Å². The fraction of sp³-hybridized carbons (Fsp3) is 0.310. The molecule has 0 radical (unpaired) electrons. The van der Waals surface area contributed by atoms with Crippen LogP contribution in [0.5, 0.6) is 0 Å². The van der Waals surface area contributed by atoms with Gasteiger partial charge in [-0.05, 0) is 86.5 Å². The molecule has 0 aromatic heterocycles. The van der Waals surface area contributed by atoms with Gasteiger partial charge in [0.1, 0.15) is 0 Å². The summed E-state index contributed by atoms with van der Waals surface area (Å²) in [5.41, 5.74) is 3.39. The summed E-state index contributed by atoms with van der Waals surface area (Å²) in [6.45, 7) is 6.12. The number of halogens is 1. The van der Waals surface area contributed by atoms with Crippen molar-refractivity contribution in [1.29, 1.82) is 10.5 Å². The molecule has 174 valence electrons. The summed E-state index contributed by atoms with van der Waals surface area (Å²) in [6, 6.07) is 28.8. The zero-order chi connectivity index (χ0) is 24.7. The zero-order valence-electron chi connectivity index (χ0n) is 20.0. The quantitative estimate of drug-likeness (QED) is 0.317. The van der Waals surface area contributed by atoms with Crippen molar-refractivity contribution >= 4 is 23.4 Å². The minimum atomic E-state index is -0.617. The standard InChI is InChI=1S/C29H30ClN3S/c1-20(33-28(29(2,3)19-32)23-10-14-26(34-4)15-11-23)27(17-21-8-12-25(30)13-9-21)24-7-5-6-22(16-24)18-31/h5-16,20,27-28,33H,17H2,1-4H3/t20?,27?,28-/m0/s1. The predicted octanol–water partition coefficient (Wildman–Crippen LogP) is 7.53. The van der Waals surface area contributed by atoms with Gasteiger partial charge in [-0.3, -0.25) is 0 Å². The number of benzene rings is 3. The summed E-state index contributed by atoms with van der Waals surface area (Å²) in [7, 11) is 0. The predicted molar refractivity (Wildman–Crippen MR) is 142 cm³/mol. The Bertz CT molecular complexity index is 1170. The molecule has 5 heteroatoms. The van der Waals surface area contributed by atoms with E-state index in [0.717, 1.165) is 17.5 Å². The Morgan fingerprint density at radius 3 is 2.24 bits per heavy atom. The van der Waals surface area contributed by atoms with E-state index in [2.05, 4.69) is 61.0 Å². The van der Waals surface area contributed by atoms with E-state index in [4.69, 9.17) is 11.6 Å². The highest BCUT2D eigenvalue weighted by molar-refractivity contribution is 7.98. The van der Waals surface area contributed by atoms with Gasteiger partial charge in [0.25, 0.3) is 0 Å². The Balaban J connectivity index is 1.98. The van der Waals surface area contributed by atoms with Crippen LogP contribution in [0.25, 0.3) is 0 Å². The maximum atomic E-state index is 9.98. The Kier molecular flexibility index (Phi) is 8.81. The van der Waals surface area contributed by atoms with Crippen molar-refractivity contribution in [2.45, 2.75) is 50.1 Å². The lowest BCUT2D eigenvalue weighted by molar-refractivity contribution is 0.281. The van der Waals surface area contributed by atoms with E-state index in [0.29, 0.717) is 10.6 Å². The van der Waals surface area contributed by atoms with E-state index in [-0.39, 0.29) is 18.0 Å². The Hall–Kier alpha value is -2.76. The summed E-state index contributed by atoms with van der Waals surface area (Å²) in [6.07, 6.45) is 2.84. The van der Waals surface area contributed by atoms with E-state index >= 15 is 0 Å². The van der Waals surface area contributed by atoms with Gasteiger partial charge in [0.05, 0.1) is 29.2 Å². The highest BCUT2D eigenvalue weighted by atomic mass is 35.5. The number of nitrogens with zero attached hydrogens (tertiary/aromatic N) is 2. The van der Waals surface area contributed by atoms with Gasteiger partial charge in [0, 0.05) is 21.9 Å². The van der Waals surface area contributed by atoms with Gasteiger partial charge in [-0.1, -0.05) is 48.0 Å². The van der Waals surface area contributed by atoms with E-state index < -0.39 is 5.41 Å². The summed E-state index contributed by atoms with van der Waals surface area (Å²) < 4.78 is 0. The van der Waals surface area contributed by atoms with Crippen LogP contribution in [-0.2, 0) is 6.42 Å². The highest BCUT2D eigenvalue weighted by Crippen LogP contribution is 2.36. The average Bonchev–Trinajstić information content (AvgIpc) is 2.86. The number of hydrogen-bond acceptors (Lipinski definition) is 4. The third-order valence-corrected chi connectivity index (χ3v) is 7.30. The Morgan fingerprint density at radius 1 is 0.971 bits per heavy atom. The zero-order valence-corrected chi connectivity index (χ0v) is 21.6. The van der Waals surface area contributed by atoms with Gasteiger partial charge in [-0.25, -0.2) is 0 Å². The normalized spacial score (nSPS) is 14.0. The molecular weight excluding hydrogens is 458 g/mol. The third-order valence-electron chi connectivity index (χ3n) is 6.30. The fourth-order valence-electron chi connectivity index (χ4n) is 4.26. The van der Waals surface area contributed by atoms with Gasteiger partial charge < -0.3 is 5.32 Å². The van der Waals surface area contributed by atoms with Crippen molar-refractivity contribution in [1.82, 2.24) is 5.32 Å². The molecule has 0 aliphatic rings. The van der Waals surface area contributed by atoms with Crippen molar-refractivity contribution in [2.75, 3.05) is 6.26 Å². The largest absolute Gasteiger partial charge is 0.305 e. The molecule has 0 saturated heterocycles. The molecular formula is C29H30ClN3S.